The minimum atomic E-state index is -3.69. The number of nitrogens with zero attached hydrogens (tertiary/aromatic N) is 2. The number of benzene rings is 2. The molecular weight excluding hydrogens is 354 g/mol. The molecule has 0 spiro atoms. The topological polar surface area (TPSA) is 99.5 Å². The maximum Gasteiger partial charge on any atom is 0.245 e. The molecule has 7 nitrogen and oxygen atoms in total. The number of nitrogens with one attached hydrogen (secondary N) is 1. The van der Waals surface area contributed by atoms with Crippen molar-refractivity contribution in [2.24, 2.45) is 0 Å². The summed E-state index contributed by atoms with van der Waals surface area (Å²) in [5.74, 6) is -0.000401. The third kappa shape index (κ3) is 4.97. The highest BCUT2D eigenvalue weighted by Gasteiger charge is 2.21. The van der Waals surface area contributed by atoms with Crippen LogP contribution in [0.2, 0.25) is 0 Å². The zero-order chi connectivity index (χ0) is 19.2. The van der Waals surface area contributed by atoms with E-state index in [-0.39, 0.29) is 0 Å². The molecule has 0 unspecified atom stereocenters. The largest absolute Gasteiger partial charge is 0.492 e. The van der Waals surface area contributed by atoms with E-state index in [0.29, 0.717) is 29.3 Å². The number of hydrogen-bond donors (Lipinski definition) is 1. The summed E-state index contributed by atoms with van der Waals surface area (Å²) in [6.45, 7) is 1.87. The first-order valence-electron chi connectivity index (χ1n) is 7.84. The maximum absolute atomic E-state index is 12.4. The van der Waals surface area contributed by atoms with Gasteiger partial charge in [-0.1, -0.05) is 12.1 Å². The van der Waals surface area contributed by atoms with Crippen LogP contribution in [0.1, 0.15) is 12.5 Å². The minimum Gasteiger partial charge on any atom is -0.492 e. The number of ether oxygens (including phenoxy) is 1. The molecule has 2 aromatic rings. The minimum absolute atomic E-state index is 0.305. The van der Waals surface area contributed by atoms with Crippen molar-refractivity contribution in [1.82, 2.24) is 0 Å². The molecule has 1 amide bonds. The van der Waals surface area contributed by atoms with Crippen LogP contribution in [0, 0.1) is 11.3 Å². The van der Waals surface area contributed by atoms with Crippen molar-refractivity contribution < 1.29 is 17.9 Å². The van der Waals surface area contributed by atoms with Gasteiger partial charge in [-0.2, -0.15) is 5.26 Å². The summed E-state index contributed by atoms with van der Waals surface area (Å²) in [5, 5.41) is 11.5. The van der Waals surface area contributed by atoms with Crippen LogP contribution < -0.4 is 14.4 Å². The summed E-state index contributed by atoms with van der Waals surface area (Å²) >= 11 is 0. The van der Waals surface area contributed by atoms with Crippen LogP contribution in [0.5, 0.6) is 5.75 Å². The van der Waals surface area contributed by atoms with Crippen molar-refractivity contribution in [2.75, 3.05) is 29.0 Å². The highest BCUT2D eigenvalue weighted by molar-refractivity contribution is 7.92. The zero-order valence-electron chi connectivity index (χ0n) is 14.5. The van der Waals surface area contributed by atoms with E-state index >= 15 is 0 Å². The Balaban J connectivity index is 2.21. The lowest BCUT2D eigenvalue weighted by atomic mass is 10.2. The monoisotopic (exact) mass is 373 g/mol. The Morgan fingerprint density at radius 3 is 2.42 bits per heavy atom. The molecule has 0 aliphatic carbocycles. The van der Waals surface area contributed by atoms with Gasteiger partial charge in [-0.25, -0.2) is 8.42 Å². The fraction of sp³-hybridized carbons (Fsp3) is 0.222. The van der Waals surface area contributed by atoms with Crippen LogP contribution in [-0.4, -0.2) is 33.7 Å². The van der Waals surface area contributed by atoms with Gasteiger partial charge in [0.05, 0.1) is 35.9 Å². The highest BCUT2D eigenvalue weighted by atomic mass is 32.2. The van der Waals surface area contributed by atoms with Crippen molar-refractivity contribution in [1.29, 1.82) is 5.26 Å². The standard InChI is InChI=1S/C18H19N3O4S/c1-3-25-17-7-5-4-6-16(17)20-18(22)13-21(26(2,23)24)15-10-8-14(12-19)9-11-15/h4-11H,3,13H2,1-2H3,(H,20,22). The molecule has 1 N–H and O–H groups in total. The molecule has 0 bridgehead atoms. The smallest absolute Gasteiger partial charge is 0.245 e. The normalized spacial score (nSPS) is 10.7. The van der Waals surface area contributed by atoms with E-state index in [1.54, 1.807) is 24.3 Å². The zero-order valence-corrected chi connectivity index (χ0v) is 15.3. The third-order valence-corrected chi connectivity index (χ3v) is 4.57. The summed E-state index contributed by atoms with van der Waals surface area (Å²) in [5.41, 5.74) is 1.17. The van der Waals surface area contributed by atoms with E-state index < -0.39 is 22.5 Å². The van der Waals surface area contributed by atoms with Gasteiger partial charge in [0.25, 0.3) is 0 Å². The molecule has 26 heavy (non-hydrogen) atoms. The molecule has 2 rings (SSSR count). The Morgan fingerprint density at radius 2 is 1.85 bits per heavy atom. The number of rotatable bonds is 7. The van der Waals surface area contributed by atoms with Gasteiger partial charge in [-0.05, 0) is 43.3 Å². The first-order chi connectivity index (χ1) is 12.3. The number of para-hydroxylation sites is 2. The van der Waals surface area contributed by atoms with Gasteiger partial charge in [0.2, 0.25) is 15.9 Å². The summed E-state index contributed by atoms with van der Waals surface area (Å²) in [6.07, 6.45) is 1.02. The number of amides is 1. The average molecular weight is 373 g/mol. The van der Waals surface area contributed by atoms with Gasteiger partial charge >= 0.3 is 0 Å². The second-order valence-corrected chi connectivity index (χ2v) is 7.31. The van der Waals surface area contributed by atoms with E-state index in [9.17, 15) is 13.2 Å². The quantitative estimate of drug-likeness (QED) is 0.803. The van der Waals surface area contributed by atoms with Crippen molar-refractivity contribution in [3.63, 3.8) is 0 Å². The molecule has 0 aliphatic rings. The molecule has 0 heterocycles. The van der Waals surface area contributed by atoms with Crippen molar-refractivity contribution in [3.8, 4) is 11.8 Å². The Labute approximate surface area is 152 Å². The predicted molar refractivity (Wildman–Crippen MR) is 99.6 cm³/mol. The average Bonchev–Trinajstić information content (AvgIpc) is 2.61. The molecule has 0 saturated heterocycles. The first-order valence-corrected chi connectivity index (χ1v) is 9.69. The summed E-state index contributed by atoms with van der Waals surface area (Å²) in [6, 6.07) is 14.8. The molecule has 0 atom stereocenters. The lowest BCUT2D eigenvalue weighted by Crippen LogP contribution is -2.37. The molecule has 0 radical (unpaired) electrons. The Hall–Kier alpha value is -3.05. The van der Waals surface area contributed by atoms with Crippen molar-refractivity contribution in [3.05, 3.63) is 54.1 Å². The lowest BCUT2D eigenvalue weighted by Gasteiger charge is -2.22. The Morgan fingerprint density at radius 1 is 1.19 bits per heavy atom. The number of nitriles is 1. The van der Waals surface area contributed by atoms with Crippen LogP contribution in [0.3, 0.4) is 0 Å². The van der Waals surface area contributed by atoms with Crippen LogP contribution in [0.15, 0.2) is 48.5 Å². The van der Waals surface area contributed by atoms with Gasteiger partial charge in [0, 0.05) is 0 Å². The van der Waals surface area contributed by atoms with Gasteiger partial charge in [0.1, 0.15) is 12.3 Å². The second kappa shape index (κ2) is 8.36. The van der Waals surface area contributed by atoms with Gasteiger partial charge in [0.15, 0.2) is 0 Å². The predicted octanol–water partition coefficient (Wildman–Crippen LogP) is 2.36. The SMILES string of the molecule is CCOc1ccccc1NC(=O)CN(c1ccc(C#N)cc1)S(C)(=O)=O. The van der Waals surface area contributed by atoms with E-state index in [1.807, 2.05) is 13.0 Å². The third-order valence-electron chi connectivity index (χ3n) is 3.43. The number of carbonyl (C=O) groups is 1. The van der Waals surface area contributed by atoms with Crippen molar-refractivity contribution in [2.45, 2.75) is 6.92 Å². The molecule has 2 aromatic carbocycles. The van der Waals surface area contributed by atoms with Gasteiger partial charge in [-0.3, -0.25) is 9.10 Å². The van der Waals surface area contributed by atoms with E-state index in [4.69, 9.17) is 10.00 Å². The molecule has 136 valence electrons. The summed E-state index contributed by atoms with van der Waals surface area (Å²) in [7, 11) is -3.69. The van der Waals surface area contributed by atoms with Crippen molar-refractivity contribution >= 4 is 27.3 Å². The van der Waals surface area contributed by atoms with E-state index in [0.717, 1.165) is 10.6 Å². The molecule has 8 heteroatoms. The molecule has 0 aliphatic heterocycles. The molecule has 0 aromatic heterocycles. The number of hydrogen-bond acceptors (Lipinski definition) is 5. The molecular formula is C18H19N3O4S. The van der Waals surface area contributed by atoms with Crippen LogP contribution in [-0.2, 0) is 14.8 Å². The van der Waals surface area contributed by atoms with Crippen LogP contribution in [0.4, 0.5) is 11.4 Å². The summed E-state index contributed by atoms with van der Waals surface area (Å²) < 4.78 is 30.6. The Kier molecular flexibility index (Phi) is 6.20. The van der Waals surface area contributed by atoms with Crippen LogP contribution in [0.25, 0.3) is 0 Å². The Bertz CT molecular complexity index is 918. The number of anilines is 2. The summed E-state index contributed by atoms with van der Waals surface area (Å²) in [4.78, 5) is 12.4. The maximum atomic E-state index is 12.4. The highest BCUT2D eigenvalue weighted by Crippen LogP contribution is 2.24. The second-order valence-electron chi connectivity index (χ2n) is 5.41. The fourth-order valence-electron chi connectivity index (χ4n) is 2.27. The molecule has 0 saturated carbocycles. The van der Waals surface area contributed by atoms with Crippen LogP contribution >= 0.6 is 0 Å². The van der Waals surface area contributed by atoms with Gasteiger partial charge < -0.3 is 10.1 Å². The molecule has 0 fully saturated rings. The van der Waals surface area contributed by atoms with E-state index in [2.05, 4.69) is 5.32 Å². The number of sulfonamides is 1. The lowest BCUT2D eigenvalue weighted by molar-refractivity contribution is -0.114. The fourth-order valence-corrected chi connectivity index (χ4v) is 3.13. The first kappa shape index (κ1) is 19.3. The van der Waals surface area contributed by atoms with E-state index in [1.165, 1.54) is 24.3 Å². The van der Waals surface area contributed by atoms with Gasteiger partial charge in [-0.15, -0.1) is 0 Å². The number of carbonyl (C=O) groups excluding carboxylic acids is 1.